The second-order valence-electron chi connectivity index (χ2n) is 7.41. The highest BCUT2D eigenvalue weighted by Crippen LogP contribution is 2.32. The molecule has 2 N–H and O–H groups in total. The van der Waals surface area contributed by atoms with Crippen LogP contribution in [0, 0.1) is 6.92 Å². The van der Waals surface area contributed by atoms with Gasteiger partial charge in [0.2, 0.25) is 15.4 Å². The summed E-state index contributed by atoms with van der Waals surface area (Å²) >= 11 is 0. The highest BCUT2D eigenvalue weighted by molar-refractivity contribution is 7.91. The molecule has 0 amide bonds. The number of para-hydroxylation sites is 1. The average molecular weight is 418 g/mol. The van der Waals surface area contributed by atoms with Crippen LogP contribution in [0.2, 0.25) is 0 Å². The fraction of sp³-hybridized carbons (Fsp3) is 0.160. The van der Waals surface area contributed by atoms with Crippen molar-refractivity contribution < 1.29 is 13.4 Å². The largest absolute Gasteiger partial charge is 0.379 e. The zero-order valence-electron chi connectivity index (χ0n) is 17.1. The van der Waals surface area contributed by atoms with Crippen molar-refractivity contribution in [3.05, 3.63) is 95.7 Å². The Kier molecular flexibility index (Phi) is 5.55. The van der Waals surface area contributed by atoms with Crippen molar-refractivity contribution in [1.29, 1.82) is 0 Å². The molecule has 4 rings (SSSR count). The van der Waals surface area contributed by atoms with Crippen LogP contribution in [-0.2, 0) is 22.8 Å². The number of aromatic nitrogens is 1. The summed E-state index contributed by atoms with van der Waals surface area (Å²) < 4.78 is 27.0. The van der Waals surface area contributed by atoms with Gasteiger partial charge in [0.05, 0.1) is 16.0 Å². The molecule has 0 aliphatic heterocycles. The fourth-order valence-electron chi connectivity index (χ4n) is 3.50. The highest BCUT2D eigenvalue weighted by Gasteiger charge is 2.26. The van der Waals surface area contributed by atoms with E-state index >= 15 is 0 Å². The number of aryl methyl sites for hydroxylation is 2. The number of anilines is 1. The summed E-state index contributed by atoms with van der Waals surface area (Å²) in [6.45, 7) is 4.63. The van der Waals surface area contributed by atoms with Gasteiger partial charge >= 0.3 is 0 Å². The third-order valence-electron chi connectivity index (χ3n) is 5.32. The van der Waals surface area contributed by atoms with Gasteiger partial charge in [0.1, 0.15) is 0 Å². The Morgan fingerprint density at radius 2 is 1.53 bits per heavy atom. The maximum atomic E-state index is 13.5. The molecule has 152 valence electrons. The number of nitrogens with one attached hydrogen (secondary N) is 2. The minimum absolute atomic E-state index is 0.248. The molecule has 0 radical (unpaired) electrons. The summed E-state index contributed by atoms with van der Waals surface area (Å²) in [5, 5.41) is 4.23. The molecule has 0 saturated carbocycles. The van der Waals surface area contributed by atoms with Crippen molar-refractivity contribution in [2.45, 2.75) is 36.6 Å². The van der Waals surface area contributed by atoms with Crippen LogP contribution < -0.4 is 10.3 Å². The quantitative estimate of drug-likeness (QED) is 0.482. The Hall–Kier alpha value is -3.18. The molecule has 0 aliphatic carbocycles. The molecular formula is C25H25N2O2S+. The summed E-state index contributed by atoms with van der Waals surface area (Å²) in [6, 6.07) is 23.1. The predicted molar refractivity (Wildman–Crippen MR) is 120 cm³/mol. The topological polar surface area (TPSA) is 60.3 Å². The lowest BCUT2D eigenvalue weighted by Gasteiger charge is -2.13. The monoisotopic (exact) mass is 417 g/mol. The molecule has 1 aromatic heterocycles. The number of sulfone groups is 1. The maximum Gasteiger partial charge on any atom is 0.214 e. The van der Waals surface area contributed by atoms with Crippen LogP contribution in [0.15, 0.2) is 88.8 Å². The zero-order chi connectivity index (χ0) is 21.1. The van der Waals surface area contributed by atoms with Gasteiger partial charge in [-0.1, -0.05) is 61.0 Å². The van der Waals surface area contributed by atoms with E-state index in [9.17, 15) is 8.42 Å². The van der Waals surface area contributed by atoms with Gasteiger partial charge < -0.3 is 5.32 Å². The number of aromatic amines is 1. The van der Waals surface area contributed by atoms with Gasteiger partial charge in [-0.05, 0) is 42.7 Å². The van der Waals surface area contributed by atoms with Crippen molar-refractivity contribution in [3.8, 4) is 0 Å². The number of pyridine rings is 1. The predicted octanol–water partition coefficient (Wildman–Crippen LogP) is 4.97. The smallest absolute Gasteiger partial charge is 0.214 e. The molecular weight excluding hydrogens is 392 g/mol. The molecule has 0 saturated heterocycles. The third kappa shape index (κ3) is 3.94. The van der Waals surface area contributed by atoms with Crippen LogP contribution in [0.5, 0.6) is 0 Å². The third-order valence-corrected chi connectivity index (χ3v) is 7.12. The summed E-state index contributed by atoms with van der Waals surface area (Å²) in [5.74, 6) is 0. The first-order valence-corrected chi connectivity index (χ1v) is 11.5. The van der Waals surface area contributed by atoms with E-state index in [1.165, 1.54) is 5.56 Å². The van der Waals surface area contributed by atoms with E-state index in [1.807, 2.05) is 43.3 Å². The van der Waals surface area contributed by atoms with Gasteiger partial charge in [-0.2, -0.15) is 0 Å². The normalized spacial score (nSPS) is 11.5. The van der Waals surface area contributed by atoms with E-state index in [0.717, 1.165) is 28.5 Å². The molecule has 4 nitrogen and oxygen atoms in total. The standard InChI is InChI=1S/C25H24N2O2S/c1-3-19-12-14-21(15-13-19)30(28,29)24-17-26-23-7-5-4-6-22(23)25(24)27-16-20-10-8-18(2)9-11-20/h4-15,17H,3,16H2,1-2H3,(H,26,27)/p+1. The van der Waals surface area contributed by atoms with Gasteiger partial charge in [0, 0.05) is 12.6 Å². The van der Waals surface area contributed by atoms with Crippen molar-refractivity contribution >= 4 is 26.4 Å². The summed E-state index contributed by atoms with van der Waals surface area (Å²) in [7, 11) is -3.69. The van der Waals surface area contributed by atoms with Gasteiger partial charge in [-0.15, -0.1) is 0 Å². The van der Waals surface area contributed by atoms with Crippen LogP contribution in [0.1, 0.15) is 23.6 Å². The fourth-order valence-corrected chi connectivity index (χ4v) is 4.91. The van der Waals surface area contributed by atoms with Crippen molar-refractivity contribution in [3.63, 3.8) is 0 Å². The Labute approximate surface area is 177 Å². The second kappa shape index (κ2) is 8.28. The van der Waals surface area contributed by atoms with Crippen LogP contribution in [-0.4, -0.2) is 8.42 Å². The summed E-state index contributed by atoms with van der Waals surface area (Å²) in [6.07, 6.45) is 2.45. The molecule has 0 fully saturated rings. The molecule has 0 unspecified atom stereocenters. The lowest BCUT2D eigenvalue weighted by Crippen LogP contribution is -2.15. The Balaban J connectivity index is 1.80. The van der Waals surface area contributed by atoms with Crippen molar-refractivity contribution in [1.82, 2.24) is 0 Å². The molecule has 5 heteroatoms. The van der Waals surface area contributed by atoms with Crippen LogP contribution in [0.3, 0.4) is 0 Å². The molecule has 0 atom stereocenters. The number of rotatable bonds is 6. The minimum Gasteiger partial charge on any atom is -0.379 e. The molecule has 3 aromatic carbocycles. The number of hydrogen-bond donors (Lipinski definition) is 1. The summed E-state index contributed by atoms with van der Waals surface area (Å²) in [4.78, 5) is 3.69. The van der Waals surface area contributed by atoms with Crippen LogP contribution in [0.25, 0.3) is 10.9 Å². The maximum absolute atomic E-state index is 13.5. The molecule has 4 aromatic rings. The lowest BCUT2D eigenvalue weighted by atomic mass is 10.1. The highest BCUT2D eigenvalue weighted by atomic mass is 32.2. The Morgan fingerprint density at radius 1 is 0.867 bits per heavy atom. The van der Waals surface area contributed by atoms with Gasteiger partial charge in [-0.25, -0.2) is 13.4 Å². The van der Waals surface area contributed by atoms with E-state index in [-0.39, 0.29) is 4.90 Å². The Morgan fingerprint density at radius 3 is 2.23 bits per heavy atom. The molecule has 30 heavy (non-hydrogen) atoms. The van der Waals surface area contributed by atoms with E-state index in [0.29, 0.717) is 17.1 Å². The number of H-pyrrole nitrogens is 1. The number of hydrogen-bond acceptors (Lipinski definition) is 3. The first-order chi connectivity index (χ1) is 14.5. The number of benzene rings is 3. The lowest BCUT2D eigenvalue weighted by molar-refractivity contribution is -0.347. The van der Waals surface area contributed by atoms with Gasteiger partial charge in [0.15, 0.2) is 11.1 Å². The first kappa shape index (κ1) is 20.1. The van der Waals surface area contributed by atoms with Crippen LogP contribution in [0.4, 0.5) is 5.69 Å². The molecule has 0 aliphatic rings. The van der Waals surface area contributed by atoms with Gasteiger partial charge in [-0.3, -0.25) is 0 Å². The SMILES string of the molecule is CCc1ccc(S(=O)(=O)c2c[nH+]c3ccccc3c2NCc2ccc(C)cc2)cc1. The van der Waals surface area contributed by atoms with E-state index in [1.54, 1.807) is 18.3 Å². The zero-order valence-corrected chi connectivity index (χ0v) is 18.0. The van der Waals surface area contributed by atoms with Gasteiger partial charge in [0.25, 0.3) is 0 Å². The first-order valence-electron chi connectivity index (χ1n) is 10.1. The summed E-state index contributed by atoms with van der Waals surface area (Å²) in [5.41, 5.74) is 4.89. The molecule has 0 spiro atoms. The van der Waals surface area contributed by atoms with E-state index in [2.05, 4.69) is 41.5 Å². The van der Waals surface area contributed by atoms with Crippen molar-refractivity contribution in [2.24, 2.45) is 0 Å². The molecule has 1 heterocycles. The Bertz CT molecular complexity index is 1280. The average Bonchev–Trinajstić information content (AvgIpc) is 2.78. The van der Waals surface area contributed by atoms with Crippen LogP contribution >= 0.6 is 0 Å². The van der Waals surface area contributed by atoms with Crippen molar-refractivity contribution in [2.75, 3.05) is 5.32 Å². The van der Waals surface area contributed by atoms with E-state index < -0.39 is 9.84 Å². The molecule has 0 bridgehead atoms. The van der Waals surface area contributed by atoms with E-state index in [4.69, 9.17) is 0 Å². The second-order valence-corrected chi connectivity index (χ2v) is 9.33. The number of fused-ring (bicyclic) bond motifs is 1. The minimum atomic E-state index is -3.69.